The predicted octanol–water partition coefficient (Wildman–Crippen LogP) is 4.93. The van der Waals surface area contributed by atoms with Crippen LogP contribution >= 0.6 is 27.5 Å². The molecule has 0 spiro atoms. The largest absolute Gasteiger partial charge is 0.493 e. The molecule has 1 atom stereocenters. The number of halogens is 3. The van der Waals surface area contributed by atoms with E-state index < -0.39 is 5.38 Å². The maximum atomic E-state index is 13.9. The first-order valence-electron chi connectivity index (χ1n) is 5.87. The van der Waals surface area contributed by atoms with Crippen LogP contribution in [0.4, 0.5) is 4.39 Å². The molecule has 20 heavy (non-hydrogen) atoms. The number of alkyl halides is 1. The van der Waals surface area contributed by atoms with Gasteiger partial charge in [-0.25, -0.2) is 4.39 Å². The second-order valence-corrected chi connectivity index (χ2v) is 5.49. The molecule has 0 radical (unpaired) electrons. The van der Waals surface area contributed by atoms with Crippen molar-refractivity contribution in [2.24, 2.45) is 0 Å². The molecule has 0 aliphatic carbocycles. The van der Waals surface area contributed by atoms with Crippen molar-refractivity contribution in [1.29, 1.82) is 0 Å². The Labute approximate surface area is 130 Å². The minimum Gasteiger partial charge on any atom is -0.493 e. The van der Waals surface area contributed by atoms with Crippen molar-refractivity contribution in [3.63, 3.8) is 0 Å². The van der Waals surface area contributed by atoms with E-state index in [1.54, 1.807) is 44.6 Å². The second kappa shape index (κ2) is 6.46. The molecule has 0 fully saturated rings. The molecule has 0 aromatic heterocycles. The quantitative estimate of drug-likeness (QED) is 0.720. The van der Waals surface area contributed by atoms with E-state index >= 15 is 0 Å². The lowest BCUT2D eigenvalue weighted by Gasteiger charge is -2.14. The Hall–Kier alpha value is -1.26. The van der Waals surface area contributed by atoms with E-state index in [1.165, 1.54) is 6.07 Å². The topological polar surface area (TPSA) is 18.5 Å². The van der Waals surface area contributed by atoms with Crippen LogP contribution in [0.5, 0.6) is 11.5 Å². The van der Waals surface area contributed by atoms with Gasteiger partial charge in [0.2, 0.25) is 0 Å². The Bertz CT molecular complexity index is 619. The highest BCUT2D eigenvalue weighted by Gasteiger charge is 2.17. The van der Waals surface area contributed by atoms with E-state index in [2.05, 4.69) is 15.9 Å². The number of benzene rings is 2. The van der Waals surface area contributed by atoms with Gasteiger partial charge in [-0.2, -0.15) is 0 Å². The molecular formula is C15H13BrClFO2. The Balaban J connectivity index is 2.40. The molecule has 0 heterocycles. The number of rotatable bonds is 4. The van der Waals surface area contributed by atoms with Crippen molar-refractivity contribution in [1.82, 2.24) is 0 Å². The molecule has 2 nitrogen and oxygen atoms in total. The molecular weight excluding hydrogens is 347 g/mol. The first-order valence-corrected chi connectivity index (χ1v) is 7.10. The molecule has 2 aromatic carbocycles. The van der Waals surface area contributed by atoms with Crippen molar-refractivity contribution < 1.29 is 13.9 Å². The summed E-state index contributed by atoms with van der Waals surface area (Å²) in [5.41, 5.74) is 1.16. The molecule has 0 saturated carbocycles. The molecule has 0 aliphatic rings. The van der Waals surface area contributed by atoms with Gasteiger partial charge in [0.05, 0.1) is 19.6 Å². The van der Waals surface area contributed by atoms with Gasteiger partial charge in [0, 0.05) is 10.0 Å². The summed E-state index contributed by atoms with van der Waals surface area (Å²) in [6.45, 7) is 0. The number of hydrogen-bond acceptors (Lipinski definition) is 2. The SMILES string of the molecule is COc1ccc(C(Cl)c2ccc(Br)cc2F)cc1OC. The van der Waals surface area contributed by atoms with E-state index in [0.29, 0.717) is 21.5 Å². The van der Waals surface area contributed by atoms with Crippen molar-refractivity contribution in [2.75, 3.05) is 14.2 Å². The molecule has 2 rings (SSSR count). The summed E-state index contributed by atoms with van der Waals surface area (Å²) in [7, 11) is 3.11. The van der Waals surface area contributed by atoms with Gasteiger partial charge in [-0.15, -0.1) is 11.6 Å². The zero-order chi connectivity index (χ0) is 14.7. The average Bonchev–Trinajstić information content (AvgIpc) is 2.45. The molecule has 0 amide bonds. The fourth-order valence-electron chi connectivity index (χ4n) is 1.90. The van der Waals surface area contributed by atoms with Crippen molar-refractivity contribution >= 4 is 27.5 Å². The first-order chi connectivity index (χ1) is 9.56. The zero-order valence-corrected chi connectivity index (χ0v) is 13.3. The maximum absolute atomic E-state index is 13.9. The van der Waals surface area contributed by atoms with Crippen LogP contribution in [0.1, 0.15) is 16.5 Å². The normalized spacial score (nSPS) is 12.1. The van der Waals surface area contributed by atoms with Gasteiger partial charge < -0.3 is 9.47 Å². The van der Waals surface area contributed by atoms with E-state index in [4.69, 9.17) is 21.1 Å². The molecule has 0 bridgehead atoms. The van der Waals surface area contributed by atoms with Gasteiger partial charge >= 0.3 is 0 Å². The van der Waals surface area contributed by atoms with Crippen LogP contribution < -0.4 is 9.47 Å². The third-order valence-corrected chi connectivity index (χ3v) is 3.92. The van der Waals surface area contributed by atoms with Crippen LogP contribution in [0, 0.1) is 5.82 Å². The van der Waals surface area contributed by atoms with E-state index in [1.807, 2.05) is 0 Å². The summed E-state index contributed by atoms with van der Waals surface area (Å²) in [6.07, 6.45) is 0. The lowest BCUT2D eigenvalue weighted by molar-refractivity contribution is 0.354. The molecule has 0 N–H and O–H groups in total. The Morgan fingerprint density at radius 3 is 2.35 bits per heavy atom. The van der Waals surface area contributed by atoms with E-state index in [0.717, 1.165) is 5.56 Å². The zero-order valence-electron chi connectivity index (χ0n) is 11.0. The van der Waals surface area contributed by atoms with Gasteiger partial charge in [0.1, 0.15) is 5.82 Å². The van der Waals surface area contributed by atoms with E-state index in [9.17, 15) is 4.39 Å². The van der Waals surface area contributed by atoms with Gasteiger partial charge in [-0.1, -0.05) is 28.1 Å². The molecule has 2 aromatic rings. The molecule has 5 heteroatoms. The predicted molar refractivity (Wildman–Crippen MR) is 81.3 cm³/mol. The lowest BCUT2D eigenvalue weighted by Crippen LogP contribution is -1.99. The summed E-state index contributed by atoms with van der Waals surface area (Å²) in [6, 6.07) is 10.1. The van der Waals surface area contributed by atoms with Crippen LogP contribution in [0.25, 0.3) is 0 Å². The standard InChI is InChI=1S/C15H13BrClFO2/c1-19-13-6-3-9(7-14(13)20-2)15(17)11-5-4-10(16)8-12(11)18/h3-8,15H,1-2H3. The second-order valence-electron chi connectivity index (χ2n) is 4.14. The third kappa shape index (κ3) is 3.07. The molecule has 0 aliphatic heterocycles. The highest BCUT2D eigenvalue weighted by atomic mass is 79.9. The average molecular weight is 360 g/mol. The Morgan fingerprint density at radius 1 is 1.05 bits per heavy atom. The summed E-state index contributed by atoms with van der Waals surface area (Å²) < 4.78 is 25.0. The van der Waals surface area contributed by atoms with Crippen LogP contribution in [-0.2, 0) is 0 Å². The lowest BCUT2D eigenvalue weighted by atomic mass is 10.0. The van der Waals surface area contributed by atoms with Crippen molar-refractivity contribution in [3.8, 4) is 11.5 Å². The molecule has 0 saturated heterocycles. The third-order valence-electron chi connectivity index (χ3n) is 2.94. The van der Waals surface area contributed by atoms with Gasteiger partial charge in [-0.05, 0) is 29.8 Å². The fourth-order valence-corrected chi connectivity index (χ4v) is 2.54. The van der Waals surface area contributed by atoms with Gasteiger partial charge in [0.15, 0.2) is 11.5 Å². The van der Waals surface area contributed by atoms with Crippen LogP contribution in [0.3, 0.4) is 0 Å². The van der Waals surface area contributed by atoms with Crippen LogP contribution in [-0.4, -0.2) is 14.2 Å². The van der Waals surface area contributed by atoms with Crippen molar-refractivity contribution in [2.45, 2.75) is 5.38 Å². The minimum atomic E-state index is -0.595. The Kier molecular flexibility index (Phi) is 4.89. The summed E-state index contributed by atoms with van der Waals surface area (Å²) in [5, 5.41) is -0.595. The molecule has 1 unspecified atom stereocenters. The minimum absolute atomic E-state index is 0.353. The van der Waals surface area contributed by atoms with Crippen molar-refractivity contribution in [3.05, 3.63) is 57.8 Å². The number of ether oxygens (including phenoxy) is 2. The summed E-state index contributed by atoms with van der Waals surface area (Å²) >= 11 is 9.59. The van der Waals surface area contributed by atoms with Gasteiger partial charge in [-0.3, -0.25) is 0 Å². The first kappa shape index (κ1) is 15.1. The van der Waals surface area contributed by atoms with Crippen LogP contribution in [0.15, 0.2) is 40.9 Å². The number of hydrogen-bond donors (Lipinski definition) is 0. The summed E-state index contributed by atoms with van der Waals surface area (Å²) in [4.78, 5) is 0. The Morgan fingerprint density at radius 2 is 1.75 bits per heavy atom. The monoisotopic (exact) mass is 358 g/mol. The highest BCUT2D eigenvalue weighted by Crippen LogP contribution is 2.36. The highest BCUT2D eigenvalue weighted by molar-refractivity contribution is 9.10. The molecule has 106 valence electrons. The van der Waals surface area contributed by atoms with Gasteiger partial charge in [0.25, 0.3) is 0 Å². The summed E-state index contributed by atoms with van der Waals surface area (Å²) in [5.74, 6) is 0.818. The number of methoxy groups -OCH3 is 2. The maximum Gasteiger partial charge on any atom is 0.161 e. The fraction of sp³-hybridized carbons (Fsp3) is 0.200. The smallest absolute Gasteiger partial charge is 0.161 e. The van der Waals surface area contributed by atoms with E-state index in [-0.39, 0.29) is 5.82 Å². The van der Waals surface area contributed by atoms with Crippen LogP contribution in [0.2, 0.25) is 0 Å².